The summed E-state index contributed by atoms with van der Waals surface area (Å²) in [7, 11) is 0. The number of benzene rings is 1. The van der Waals surface area contributed by atoms with E-state index in [1.54, 1.807) is 12.1 Å². The lowest BCUT2D eigenvalue weighted by molar-refractivity contribution is 0.593. The summed E-state index contributed by atoms with van der Waals surface area (Å²) in [5.74, 6) is -0.555. The van der Waals surface area contributed by atoms with Crippen LogP contribution in [0.5, 0.6) is 0 Å². The maximum absolute atomic E-state index is 14.0. The van der Waals surface area contributed by atoms with E-state index >= 15 is 0 Å². The molecule has 3 nitrogen and oxygen atoms in total. The Morgan fingerprint density at radius 2 is 1.84 bits per heavy atom. The summed E-state index contributed by atoms with van der Waals surface area (Å²) in [6.07, 6.45) is 1.84. The minimum atomic E-state index is -0.432. The summed E-state index contributed by atoms with van der Waals surface area (Å²) in [4.78, 5) is 7.77. The fraction of sp³-hybridized carbons (Fsp3) is 0.286. The van der Waals surface area contributed by atoms with Crippen molar-refractivity contribution in [2.75, 3.05) is 5.32 Å². The molecule has 0 spiro atoms. The van der Waals surface area contributed by atoms with Crippen molar-refractivity contribution in [2.24, 2.45) is 0 Å². The molecule has 0 fully saturated rings. The van der Waals surface area contributed by atoms with Gasteiger partial charge in [0.05, 0.1) is 11.7 Å². The second kappa shape index (κ2) is 5.73. The van der Waals surface area contributed by atoms with Crippen LogP contribution < -0.4 is 5.32 Å². The van der Waals surface area contributed by atoms with E-state index in [4.69, 9.17) is 0 Å². The molecular weight excluding hydrogens is 248 g/mol. The molecule has 0 saturated carbocycles. The predicted molar refractivity (Wildman–Crippen MR) is 69.8 cm³/mol. The quantitative estimate of drug-likeness (QED) is 0.917. The number of hydrogen-bond acceptors (Lipinski definition) is 3. The van der Waals surface area contributed by atoms with Crippen molar-refractivity contribution in [1.29, 1.82) is 0 Å². The number of hydrogen-bond donors (Lipinski definition) is 1. The van der Waals surface area contributed by atoms with Crippen LogP contribution in [-0.2, 0) is 6.42 Å². The molecule has 1 aromatic carbocycles. The molecule has 0 bridgehead atoms. The first-order valence-corrected chi connectivity index (χ1v) is 6.13. The molecule has 2 rings (SSSR count). The number of aromatic nitrogens is 2. The van der Waals surface area contributed by atoms with E-state index in [0.29, 0.717) is 12.1 Å². The summed E-state index contributed by atoms with van der Waals surface area (Å²) in [5.41, 5.74) is 1.24. The van der Waals surface area contributed by atoms with Gasteiger partial charge in [0.15, 0.2) is 11.6 Å². The third kappa shape index (κ3) is 3.05. The fourth-order valence-corrected chi connectivity index (χ4v) is 1.79. The Hall–Kier alpha value is -2.04. The van der Waals surface area contributed by atoms with Gasteiger partial charge in [-0.05, 0) is 31.0 Å². The minimum absolute atomic E-state index is 0.170. The van der Waals surface area contributed by atoms with Gasteiger partial charge in [-0.25, -0.2) is 18.7 Å². The van der Waals surface area contributed by atoms with Crippen molar-refractivity contribution >= 4 is 5.82 Å². The van der Waals surface area contributed by atoms with Crippen LogP contribution in [0.3, 0.4) is 0 Å². The predicted octanol–water partition coefficient (Wildman–Crippen LogP) is 3.49. The second-order valence-corrected chi connectivity index (χ2v) is 4.25. The van der Waals surface area contributed by atoms with Crippen LogP contribution >= 0.6 is 0 Å². The first-order chi connectivity index (χ1) is 9.11. The zero-order valence-electron chi connectivity index (χ0n) is 10.8. The molecule has 2 aromatic rings. The molecule has 100 valence electrons. The lowest BCUT2D eigenvalue weighted by Gasteiger charge is -2.15. The molecule has 19 heavy (non-hydrogen) atoms. The molecule has 0 aliphatic rings. The van der Waals surface area contributed by atoms with Crippen molar-refractivity contribution in [3.63, 3.8) is 0 Å². The van der Waals surface area contributed by atoms with Crippen LogP contribution in [0.1, 0.15) is 31.1 Å². The average molecular weight is 263 g/mol. The van der Waals surface area contributed by atoms with Crippen molar-refractivity contribution < 1.29 is 8.78 Å². The highest BCUT2D eigenvalue weighted by molar-refractivity contribution is 5.40. The van der Waals surface area contributed by atoms with Crippen molar-refractivity contribution in [2.45, 2.75) is 26.3 Å². The highest BCUT2D eigenvalue weighted by atomic mass is 19.1. The maximum atomic E-state index is 14.0. The number of nitrogens with one attached hydrogen (secondary N) is 1. The lowest BCUT2D eigenvalue weighted by Crippen LogP contribution is -2.11. The summed E-state index contributed by atoms with van der Waals surface area (Å²) in [6, 6.07) is 5.90. The molecule has 1 heterocycles. The van der Waals surface area contributed by atoms with Gasteiger partial charge in [0.25, 0.3) is 0 Å². The summed E-state index contributed by atoms with van der Waals surface area (Å²) < 4.78 is 26.8. The van der Waals surface area contributed by atoms with Crippen molar-refractivity contribution in [3.8, 4) is 0 Å². The van der Waals surface area contributed by atoms with Crippen LogP contribution in [0.2, 0.25) is 0 Å². The Bertz CT molecular complexity index is 555. The molecule has 1 atom stereocenters. The van der Waals surface area contributed by atoms with Gasteiger partial charge >= 0.3 is 0 Å². The smallest absolute Gasteiger partial charge is 0.186 e. The van der Waals surface area contributed by atoms with Gasteiger partial charge in [-0.3, -0.25) is 0 Å². The number of anilines is 1. The molecule has 0 saturated heterocycles. The first-order valence-electron chi connectivity index (χ1n) is 6.13. The lowest BCUT2D eigenvalue weighted by atomic mass is 10.1. The van der Waals surface area contributed by atoms with Gasteiger partial charge in [0.2, 0.25) is 0 Å². The molecular formula is C14H15F2N3. The third-order valence-electron chi connectivity index (χ3n) is 2.92. The Morgan fingerprint density at radius 1 is 1.16 bits per heavy atom. The summed E-state index contributed by atoms with van der Waals surface area (Å²) in [6.45, 7) is 3.69. The number of nitrogens with zero attached hydrogens (tertiary/aromatic N) is 2. The van der Waals surface area contributed by atoms with Crippen molar-refractivity contribution in [1.82, 2.24) is 9.97 Å². The van der Waals surface area contributed by atoms with E-state index < -0.39 is 5.82 Å². The van der Waals surface area contributed by atoms with E-state index in [0.717, 1.165) is 5.56 Å². The van der Waals surface area contributed by atoms with E-state index in [-0.39, 0.29) is 17.7 Å². The molecule has 0 aliphatic carbocycles. The first kappa shape index (κ1) is 13.4. The highest BCUT2D eigenvalue weighted by Gasteiger charge is 2.13. The van der Waals surface area contributed by atoms with E-state index in [1.165, 1.54) is 18.5 Å². The minimum Gasteiger partial charge on any atom is -0.361 e. The Kier molecular flexibility index (Phi) is 4.04. The van der Waals surface area contributed by atoms with E-state index in [9.17, 15) is 8.78 Å². The van der Waals surface area contributed by atoms with Crippen LogP contribution in [0.25, 0.3) is 0 Å². The molecule has 1 unspecified atom stereocenters. The average Bonchev–Trinajstić information content (AvgIpc) is 2.42. The topological polar surface area (TPSA) is 37.8 Å². The van der Waals surface area contributed by atoms with Gasteiger partial charge in [-0.2, -0.15) is 0 Å². The van der Waals surface area contributed by atoms with Crippen molar-refractivity contribution in [3.05, 3.63) is 53.5 Å². The maximum Gasteiger partial charge on any atom is 0.186 e. The Balaban J connectivity index is 2.19. The fourth-order valence-electron chi connectivity index (χ4n) is 1.79. The summed E-state index contributed by atoms with van der Waals surface area (Å²) in [5, 5.41) is 2.97. The zero-order valence-corrected chi connectivity index (χ0v) is 10.8. The number of rotatable bonds is 4. The third-order valence-corrected chi connectivity index (χ3v) is 2.92. The van der Waals surface area contributed by atoms with Gasteiger partial charge < -0.3 is 5.32 Å². The van der Waals surface area contributed by atoms with Gasteiger partial charge in [-0.1, -0.05) is 19.1 Å². The summed E-state index contributed by atoms with van der Waals surface area (Å²) >= 11 is 0. The number of aryl methyl sites for hydroxylation is 1. The van der Waals surface area contributed by atoms with Crippen LogP contribution in [0.15, 0.2) is 30.6 Å². The zero-order chi connectivity index (χ0) is 13.8. The standard InChI is InChI=1S/C14H15F2N3/c1-3-12-13(16)14(18-8-17-12)19-9(2)10-4-6-11(15)7-5-10/h4-9H,3H2,1-2H3,(H,17,18,19). The molecule has 0 amide bonds. The van der Waals surface area contributed by atoms with E-state index in [1.807, 2.05) is 13.8 Å². The normalized spacial score (nSPS) is 12.2. The van der Waals surface area contributed by atoms with Gasteiger partial charge in [0, 0.05) is 0 Å². The van der Waals surface area contributed by atoms with Crippen LogP contribution in [-0.4, -0.2) is 9.97 Å². The molecule has 1 aromatic heterocycles. The monoisotopic (exact) mass is 263 g/mol. The van der Waals surface area contributed by atoms with Gasteiger partial charge in [-0.15, -0.1) is 0 Å². The van der Waals surface area contributed by atoms with Crippen LogP contribution in [0, 0.1) is 11.6 Å². The number of halogens is 2. The molecule has 1 N–H and O–H groups in total. The van der Waals surface area contributed by atoms with E-state index in [2.05, 4.69) is 15.3 Å². The highest BCUT2D eigenvalue weighted by Crippen LogP contribution is 2.21. The molecule has 0 radical (unpaired) electrons. The molecule has 5 heteroatoms. The second-order valence-electron chi connectivity index (χ2n) is 4.25. The molecule has 0 aliphatic heterocycles. The van der Waals surface area contributed by atoms with Crippen LogP contribution in [0.4, 0.5) is 14.6 Å². The Labute approximate surface area is 110 Å². The largest absolute Gasteiger partial charge is 0.361 e. The Morgan fingerprint density at radius 3 is 2.47 bits per heavy atom. The SMILES string of the molecule is CCc1ncnc(NC(C)c2ccc(F)cc2)c1F. The van der Waals surface area contributed by atoms with Gasteiger partial charge in [0.1, 0.15) is 12.1 Å².